The summed E-state index contributed by atoms with van der Waals surface area (Å²) in [6.45, 7) is -0.498. The van der Waals surface area contributed by atoms with Crippen molar-refractivity contribution in [3.63, 3.8) is 0 Å². The number of hydrogen-bond donors (Lipinski definition) is 4. The van der Waals surface area contributed by atoms with Gasteiger partial charge >= 0.3 is 0 Å². The fourth-order valence-corrected chi connectivity index (χ4v) is 4.13. The second kappa shape index (κ2) is 6.20. The number of aliphatic hydroxyl groups is 4. The van der Waals surface area contributed by atoms with Gasteiger partial charge in [-0.1, -0.05) is 12.1 Å². The number of hydrogen-bond acceptors (Lipinski definition) is 7. The highest BCUT2D eigenvalue weighted by atomic mass is 16.5. The Morgan fingerprint density at radius 2 is 1.82 bits per heavy atom. The number of nitrogens with zero attached hydrogens (tertiary/aromatic N) is 2. The number of fused-ring (bicyclic) bond motifs is 3. The minimum absolute atomic E-state index is 0.202. The first kappa shape index (κ1) is 17.5. The minimum Gasteiger partial charge on any atom is -0.394 e. The van der Waals surface area contributed by atoms with Crippen molar-refractivity contribution in [2.45, 2.75) is 30.5 Å². The highest BCUT2D eigenvalue weighted by Gasteiger charge is 2.44. The molecule has 0 aliphatic carbocycles. The number of ether oxygens (including phenoxy) is 1. The van der Waals surface area contributed by atoms with E-state index in [1.54, 1.807) is 28.8 Å². The third-order valence-corrected chi connectivity index (χ3v) is 5.55. The summed E-state index contributed by atoms with van der Waals surface area (Å²) in [6, 6.07) is 10.3. The lowest BCUT2D eigenvalue weighted by Gasteiger charge is -2.40. The molecule has 8 nitrogen and oxygen atoms in total. The van der Waals surface area contributed by atoms with Gasteiger partial charge in [-0.05, 0) is 23.8 Å². The molecule has 1 fully saturated rings. The summed E-state index contributed by atoms with van der Waals surface area (Å²) in [7, 11) is 0. The molecule has 4 N–H and O–H groups in total. The third kappa shape index (κ3) is 2.30. The van der Waals surface area contributed by atoms with Crippen LogP contribution in [0.25, 0.3) is 27.3 Å². The monoisotopic (exact) mass is 382 g/mol. The molecular formula is C20H18N2O6. The Labute approximate surface area is 158 Å². The van der Waals surface area contributed by atoms with Crippen LogP contribution in [0.4, 0.5) is 0 Å². The Bertz CT molecular complexity index is 1240. The van der Waals surface area contributed by atoms with Crippen molar-refractivity contribution in [1.82, 2.24) is 9.38 Å². The van der Waals surface area contributed by atoms with Gasteiger partial charge in [-0.15, -0.1) is 0 Å². The summed E-state index contributed by atoms with van der Waals surface area (Å²) in [5.41, 5.74) is 2.37. The Kier molecular flexibility index (Phi) is 3.87. The zero-order valence-corrected chi connectivity index (χ0v) is 14.6. The first-order valence-corrected chi connectivity index (χ1v) is 8.97. The van der Waals surface area contributed by atoms with Gasteiger partial charge in [0.1, 0.15) is 30.5 Å². The standard InChI is InChI=1S/C20H18N2O6/c23-8-14-17(25)18(26)19(27)20(28-14)9-1-2-10-11-5-6-21-12-3-4-15(24)22(16(11)12)13(10)7-9/h1-7,14,17-20,23,25-27H,8H2. The maximum atomic E-state index is 12.6. The maximum Gasteiger partial charge on any atom is 0.255 e. The molecule has 28 heavy (non-hydrogen) atoms. The molecule has 4 heterocycles. The second-order valence-corrected chi connectivity index (χ2v) is 7.13. The Hall–Kier alpha value is -2.62. The van der Waals surface area contributed by atoms with Gasteiger partial charge in [-0.25, -0.2) is 0 Å². The van der Waals surface area contributed by atoms with E-state index >= 15 is 0 Å². The van der Waals surface area contributed by atoms with Gasteiger partial charge in [0.2, 0.25) is 0 Å². The molecule has 1 aromatic carbocycles. The van der Waals surface area contributed by atoms with Crippen molar-refractivity contribution < 1.29 is 25.2 Å². The number of rotatable bonds is 2. The van der Waals surface area contributed by atoms with E-state index in [2.05, 4.69) is 4.98 Å². The number of pyridine rings is 2. The van der Waals surface area contributed by atoms with Gasteiger partial charge in [0.15, 0.2) is 0 Å². The van der Waals surface area contributed by atoms with E-state index in [0.29, 0.717) is 16.6 Å². The molecule has 0 spiro atoms. The van der Waals surface area contributed by atoms with Crippen LogP contribution in [0.5, 0.6) is 0 Å². The van der Waals surface area contributed by atoms with Crippen LogP contribution in [0, 0.1) is 0 Å². The molecule has 5 atom stereocenters. The van der Waals surface area contributed by atoms with E-state index in [4.69, 9.17) is 4.74 Å². The molecule has 3 aromatic heterocycles. The Morgan fingerprint density at radius 1 is 1.00 bits per heavy atom. The van der Waals surface area contributed by atoms with Crippen molar-refractivity contribution in [1.29, 1.82) is 0 Å². The van der Waals surface area contributed by atoms with Gasteiger partial charge in [0, 0.05) is 23.0 Å². The average molecular weight is 382 g/mol. The molecule has 5 rings (SSSR count). The molecule has 0 amide bonds. The third-order valence-electron chi connectivity index (χ3n) is 5.55. The molecule has 4 aromatic rings. The first-order valence-electron chi connectivity index (χ1n) is 8.97. The van der Waals surface area contributed by atoms with E-state index in [1.165, 1.54) is 6.07 Å². The van der Waals surface area contributed by atoms with Crippen LogP contribution < -0.4 is 5.56 Å². The zero-order chi connectivity index (χ0) is 19.6. The first-order chi connectivity index (χ1) is 13.5. The van der Waals surface area contributed by atoms with Crippen LogP contribution in [0.1, 0.15) is 11.7 Å². The predicted molar refractivity (Wildman–Crippen MR) is 100 cm³/mol. The molecule has 0 bridgehead atoms. The molecule has 5 unspecified atom stereocenters. The molecular weight excluding hydrogens is 364 g/mol. The molecule has 1 aliphatic heterocycles. The van der Waals surface area contributed by atoms with Crippen molar-refractivity contribution in [2.24, 2.45) is 0 Å². The minimum atomic E-state index is -1.46. The Morgan fingerprint density at radius 3 is 2.61 bits per heavy atom. The zero-order valence-electron chi connectivity index (χ0n) is 14.6. The van der Waals surface area contributed by atoms with Gasteiger partial charge in [-0.2, -0.15) is 0 Å². The largest absolute Gasteiger partial charge is 0.394 e. The van der Waals surface area contributed by atoms with Gasteiger partial charge in [0.25, 0.3) is 5.56 Å². The lowest BCUT2D eigenvalue weighted by molar-refractivity contribution is -0.231. The summed E-state index contributed by atoms with van der Waals surface area (Å²) in [5.74, 6) is 0. The predicted octanol–water partition coefficient (Wildman–Crippen LogP) is -0.0464. The van der Waals surface area contributed by atoms with Crippen molar-refractivity contribution >= 4 is 27.3 Å². The lowest BCUT2D eigenvalue weighted by atomic mass is 9.91. The van der Waals surface area contributed by atoms with Crippen molar-refractivity contribution in [2.75, 3.05) is 6.61 Å². The molecule has 1 saturated heterocycles. The molecule has 1 aliphatic rings. The summed E-state index contributed by atoms with van der Waals surface area (Å²) in [5, 5.41) is 41.6. The lowest BCUT2D eigenvalue weighted by Crippen LogP contribution is -2.55. The van der Waals surface area contributed by atoms with Gasteiger partial charge in [-0.3, -0.25) is 14.2 Å². The number of aromatic nitrogens is 2. The van der Waals surface area contributed by atoms with Crippen LogP contribution in [-0.2, 0) is 4.74 Å². The van der Waals surface area contributed by atoms with Crippen molar-refractivity contribution in [3.8, 4) is 0 Å². The van der Waals surface area contributed by atoms with Crippen LogP contribution in [-0.4, -0.2) is 60.8 Å². The summed E-state index contributed by atoms with van der Waals surface area (Å²) < 4.78 is 7.22. The van der Waals surface area contributed by atoms with E-state index < -0.39 is 37.1 Å². The van der Waals surface area contributed by atoms with Crippen LogP contribution in [0.15, 0.2) is 47.4 Å². The molecule has 8 heteroatoms. The van der Waals surface area contributed by atoms with E-state index in [1.807, 2.05) is 12.1 Å². The number of aliphatic hydroxyl groups excluding tert-OH is 4. The maximum absolute atomic E-state index is 12.6. The highest BCUT2D eigenvalue weighted by molar-refractivity contribution is 6.12. The van der Waals surface area contributed by atoms with E-state index in [9.17, 15) is 25.2 Å². The summed E-state index contributed by atoms with van der Waals surface area (Å²) in [6.07, 6.45) is -4.53. The second-order valence-electron chi connectivity index (χ2n) is 7.13. The fraction of sp³-hybridized carbons (Fsp3) is 0.300. The quantitative estimate of drug-likeness (QED) is 0.383. The molecule has 0 saturated carbocycles. The summed E-state index contributed by atoms with van der Waals surface area (Å²) in [4.78, 5) is 16.9. The SMILES string of the molecule is O=c1ccc2nccc3c4ccc(C5OC(CO)C(O)C(O)C5O)cc4n1c23. The fourth-order valence-electron chi connectivity index (χ4n) is 4.13. The van der Waals surface area contributed by atoms with Crippen molar-refractivity contribution in [3.05, 3.63) is 58.5 Å². The normalized spacial score (nSPS) is 28.5. The summed E-state index contributed by atoms with van der Waals surface area (Å²) >= 11 is 0. The van der Waals surface area contributed by atoms with E-state index in [0.717, 1.165) is 16.3 Å². The number of benzene rings is 1. The van der Waals surface area contributed by atoms with E-state index in [-0.39, 0.29) is 5.56 Å². The van der Waals surface area contributed by atoms with Gasteiger partial charge < -0.3 is 25.2 Å². The average Bonchev–Trinajstić information content (AvgIpc) is 3.05. The smallest absolute Gasteiger partial charge is 0.255 e. The van der Waals surface area contributed by atoms with Crippen LogP contribution in [0.3, 0.4) is 0 Å². The van der Waals surface area contributed by atoms with Crippen LogP contribution in [0.2, 0.25) is 0 Å². The highest BCUT2D eigenvalue weighted by Crippen LogP contribution is 2.36. The molecule has 0 radical (unpaired) electrons. The van der Waals surface area contributed by atoms with Crippen LogP contribution >= 0.6 is 0 Å². The topological polar surface area (TPSA) is 125 Å². The molecule has 144 valence electrons. The van der Waals surface area contributed by atoms with Gasteiger partial charge in [0.05, 0.1) is 23.2 Å². The Balaban J connectivity index is 1.73.